The second-order valence-electron chi connectivity index (χ2n) is 7.04. The largest absolute Gasteiger partial charge is 0.411 e. The topological polar surface area (TPSA) is 35.8 Å². The van der Waals surface area contributed by atoms with Gasteiger partial charge in [0, 0.05) is 6.42 Å². The molecule has 24 heavy (non-hydrogen) atoms. The fraction of sp³-hybridized carbons (Fsp3) is 0.381. The molecule has 124 valence electrons. The molecule has 3 heteroatoms. The van der Waals surface area contributed by atoms with Crippen molar-refractivity contribution in [1.29, 1.82) is 0 Å². The molecule has 2 aromatic carbocycles. The normalized spacial score (nSPS) is 23.5. The summed E-state index contributed by atoms with van der Waals surface area (Å²) < 4.78 is 0. The molecule has 1 atom stereocenters. The van der Waals surface area contributed by atoms with Crippen molar-refractivity contribution in [2.75, 3.05) is 13.1 Å². The van der Waals surface area contributed by atoms with E-state index < -0.39 is 0 Å². The molecule has 0 aromatic heterocycles. The summed E-state index contributed by atoms with van der Waals surface area (Å²) >= 11 is 0. The molecule has 0 spiro atoms. The van der Waals surface area contributed by atoms with Gasteiger partial charge in [0.2, 0.25) is 0 Å². The van der Waals surface area contributed by atoms with Gasteiger partial charge < -0.3 is 5.21 Å². The van der Waals surface area contributed by atoms with Crippen LogP contribution in [0.25, 0.3) is 0 Å². The van der Waals surface area contributed by atoms with Crippen LogP contribution in [0.15, 0.2) is 59.8 Å². The maximum Gasteiger partial charge on any atom is 0.0831 e. The van der Waals surface area contributed by atoms with Crippen LogP contribution in [0.2, 0.25) is 0 Å². The lowest BCUT2D eigenvalue weighted by Gasteiger charge is -2.36. The van der Waals surface area contributed by atoms with Gasteiger partial charge in [0.1, 0.15) is 0 Å². The minimum atomic E-state index is 0.170. The van der Waals surface area contributed by atoms with E-state index in [0.717, 1.165) is 31.1 Å². The zero-order valence-electron chi connectivity index (χ0n) is 13.9. The fourth-order valence-electron chi connectivity index (χ4n) is 4.29. The molecule has 0 bridgehead atoms. The second-order valence-corrected chi connectivity index (χ2v) is 7.04. The molecule has 0 radical (unpaired) electrons. The summed E-state index contributed by atoms with van der Waals surface area (Å²) in [6.45, 7) is 2.16. The van der Waals surface area contributed by atoms with Crippen LogP contribution in [0, 0.1) is 5.92 Å². The lowest BCUT2D eigenvalue weighted by molar-refractivity contribution is 0.161. The molecule has 3 nitrogen and oxygen atoms in total. The smallest absolute Gasteiger partial charge is 0.0831 e. The number of fused-ring (bicyclic) bond motifs is 1. The molecule has 1 fully saturated rings. The van der Waals surface area contributed by atoms with Crippen molar-refractivity contribution in [3.63, 3.8) is 0 Å². The van der Waals surface area contributed by atoms with Gasteiger partial charge in [-0.05, 0) is 55.0 Å². The number of piperidine rings is 1. The van der Waals surface area contributed by atoms with Gasteiger partial charge in [-0.15, -0.1) is 0 Å². The number of hydrogen-bond acceptors (Lipinski definition) is 3. The third kappa shape index (κ3) is 2.96. The SMILES string of the molecule is O/N=C1/Cc2ccccc2[C@@H]1N1CCC(Cc2ccccc2)CC1. The van der Waals surface area contributed by atoms with Gasteiger partial charge in [0.25, 0.3) is 0 Å². The molecule has 1 saturated heterocycles. The second kappa shape index (κ2) is 6.78. The van der Waals surface area contributed by atoms with E-state index in [2.05, 4.69) is 64.7 Å². The molecular weight excluding hydrogens is 296 g/mol. The number of nitrogens with zero attached hydrogens (tertiary/aromatic N) is 2. The quantitative estimate of drug-likeness (QED) is 0.683. The van der Waals surface area contributed by atoms with Crippen molar-refractivity contribution in [2.24, 2.45) is 11.1 Å². The number of rotatable bonds is 3. The molecule has 0 saturated carbocycles. The highest BCUT2D eigenvalue weighted by atomic mass is 16.4. The Balaban J connectivity index is 1.44. The van der Waals surface area contributed by atoms with Crippen LogP contribution < -0.4 is 0 Å². The van der Waals surface area contributed by atoms with E-state index in [0.29, 0.717) is 0 Å². The average Bonchev–Trinajstić information content (AvgIpc) is 3.02. The van der Waals surface area contributed by atoms with Crippen molar-refractivity contribution < 1.29 is 5.21 Å². The van der Waals surface area contributed by atoms with E-state index in [-0.39, 0.29) is 6.04 Å². The van der Waals surface area contributed by atoms with Crippen molar-refractivity contribution in [3.8, 4) is 0 Å². The molecule has 2 aromatic rings. The van der Waals surface area contributed by atoms with Gasteiger partial charge in [-0.25, -0.2) is 0 Å². The number of oxime groups is 1. The molecule has 1 aliphatic carbocycles. The zero-order valence-corrected chi connectivity index (χ0v) is 13.9. The van der Waals surface area contributed by atoms with Crippen molar-refractivity contribution in [2.45, 2.75) is 31.7 Å². The Morgan fingerprint density at radius 3 is 2.42 bits per heavy atom. The van der Waals surface area contributed by atoms with Crippen LogP contribution in [0.4, 0.5) is 0 Å². The summed E-state index contributed by atoms with van der Waals surface area (Å²) in [6.07, 6.45) is 4.39. The number of likely N-dealkylation sites (tertiary alicyclic amines) is 1. The van der Waals surface area contributed by atoms with E-state index >= 15 is 0 Å². The van der Waals surface area contributed by atoms with E-state index in [4.69, 9.17) is 0 Å². The highest BCUT2D eigenvalue weighted by Crippen LogP contribution is 2.36. The predicted molar refractivity (Wildman–Crippen MR) is 96.6 cm³/mol. The molecule has 2 aliphatic rings. The van der Waals surface area contributed by atoms with Crippen LogP contribution in [-0.2, 0) is 12.8 Å². The molecule has 1 aliphatic heterocycles. The summed E-state index contributed by atoms with van der Waals surface area (Å²) in [4.78, 5) is 2.50. The number of hydrogen-bond donors (Lipinski definition) is 1. The third-order valence-corrected chi connectivity index (χ3v) is 5.55. The lowest BCUT2D eigenvalue weighted by Crippen LogP contribution is -2.39. The third-order valence-electron chi connectivity index (χ3n) is 5.55. The van der Waals surface area contributed by atoms with Gasteiger partial charge in [-0.3, -0.25) is 4.90 Å². The maximum atomic E-state index is 9.45. The highest BCUT2D eigenvalue weighted by molar-refractivity contribution is 5.96. The average molecular weight is 320 g/mol. The Morgan fingerprint density at radius 2 is 1.67 bits per heavy atom. The zero-order chi connectivity index (χ0) is 16.4. The monoisotopic (exact) mass is 320 g/mol. The Bertz CT molecular complexity index is 718. The first-order chi connectivity index (χ1) is 11.8. The van der Waals surface area contributed by atoms with E-state index in [9.17, 15) is 5.21 Å². The Kier molecular flexibility index (Phi) is 4.35. The first-order valence-electron chi connectivity index (χ1n) is 8.92. The van der Waals surface area contributed by atoms with Gasteiger partial charge in [-0.1, -0.05) is 59.8 Å². The molecule has 0 unspecified atom stereocenters. The summed E-state index contributed by atoms with van der Waals surface area (Å²) in [7, 11) is 0. The number of benzene rings is 2. The lowest BCUT2D eigenvalue weighted by atomic mass is 9.89. The van der Waals surface area contributed by atoms with Crippen molar-refractivity contribution in [1.82, 2.24) is 4.90 Å². The summed E-state index contributed by atoms with van der Waals surface area (Å²) in [6, 6.07) is 19.5. The van der Waals surface area contributed by atoms with Gasteiger partial charge in [0.15, 0.2) is 0 Å². The molecule has 0 amide bonds. The highest BCUT2D eigenvalue weighted by Gasteiger charge is 2.35. The predicted octanol–water partition coefficient (Wildman–Crippen LogP) is 4.07. The molecule has 4 rings (SSSR count). The maximum absolute atomic E-state index is 9.45. The Hall–Kier alpha value is -2.13. The van der Waals surface area contributed by atoms with Crippen LogP contribution >= 0.6 is 0 Å². The van der Waals surface area contributed by atoms with E-state index in [1.54, 1.807) is 0 Å². The van der Waals surface area contributed by atoms with Crippen LogP contribution in [0.5, 0.6) is 0 Å². The Morgan fingerprint density at radius 1 is 0.958 bits per heavy atom. The van der Waals surface area contributed by atoms with Crippen molar-refractivity contribution >= 4 is 5.71 Å². The first-order valence-corrected chi connectivity index (χ1v) is 8.92. The van der Waals surface area contributed by atoms with Gasteiger partial charge in [-0.2, -0.15) is 0 Å². The van der Waals surface area contributed by atoms with Crippen LogP contribution in [0.1, 0.15) is 35.6 Å². The first kappa shape index (κ1) is 15.4. The summed E-state index contributed by atoms with van der Waals surface area (Å²) in [5.74, 6) is 0.759. The summed E-state index contributed by atoms with van der Waals surface area (Å²) in [5, 5.41) is 13.1. The minimum Gasteiger partial charge on any atom is -0.411 e. The van der Waals surface area contributed by atoms with E-state index in [1.165, 1.54) is 36.0 Å². The van der Waals surface area contributed by atoms with Crippen LogP contribution in [-0.4, -0.2) is 28.9 Å². The van der Waals surface area contributed by atoms with Crippen LogP contribution in [0.3, 0.4) is 0 Å². The molecule has 1 N–H and O–H groups in total. The molecule has 1 heterocycles. The van der Waals surface area contributed by atoms with Gasteiger partial charge >= 0.3 is 0 Å². The van der Waals surface area contributed by atoms with Crippen molar-refractivity contribution in [3.05, 3.63) is 71.3 Å². The standard InChI is InChI=1S/C21H24N2O/c24-22-20-15-18-8-4-5-9-19(18)21(20)23-12-10-17(11-13-23)14-16-6-2-1-3-7-16/h1-9,17,21,24H,10-15H2/b22-20-/t21-/m0/s1. The minimum absolute atomic E-state index is 0.170. The Labute approximate surface area is 143 Å². The summed E-state index contributed by atoms with van der Waals surface area (Å²) in [5.41, 5.74) is 4.98. The fourth-order valence-corrected chi connectivity index (χ4v) is 4.29. The van der Waals surface area contributed by atoms with E-state index in [1.807, 2.05) is 0 Å². The van der Waals surface area contributed by atoms with Gasteiger partial charge in [0.05, 0.1) is 11.8 Å². The molecular formula is C21H24N2O.